The molecule has 1 amide bonds. The standard InChI is InChI=1S/C24H23ClN4O2S/c1-16-21-14-22(32-24(21)29(26-16)15-17-2-4-18(25)5-3-17)23(31)28-12-10-27(11-13-28)19-6-8-20(30)9-7-19/h2-9,14,30H,10-13,15H2,1H3. The van der Waals surface area contributed by atoms with Crippen LogP contribution in [-0.4, -0.2) is 51.9 Å². The van der Waals surface area contributed by atoms with Crippen LogP contribution in [-0.2, 0) is 6.54 Å². The molecule has 1 N–H and O–H groups in total. The number of anilines is 1. The molecule has 0 aliphatic carbocycles. The molecule has 0 spiro atoms. The summed E-state index contributed by atoms with van der Waals surface area (Å²) in [5.41, 5.74) is 3.11. The van der Waals surface area contributed by atoms with Crippen LogP contribution in [0.1, 0.15) is 20.9 Å². The lowest BCUT2D eigenvalue weighted by atomic mass is 10.2. The molecule has 4 aromatic rings. The van der Waals surface area contributed by atoms with Crippen LogP contribution in [0.4, 0.5) is 5.69 Å². The molecule has 0 bridgehead atoms. The molecule has 5 rings (SSSR count). The van der Waals surface area contributed by atoms with Gasteiger partial charge in [0.1, 0.15) is 10.6 Å². The topological polar surface area (TPSA) is 61.6 Å². The predicted molar refractivity (Wildman–Crippen MR) is 129 cm³/mol. The smallest absolute Gasteiger partial charge is 0.264 e. The van der Waals surface area contributed by atoms with Crippen LogP contribution in [0.5, 0.6) is 5.75 Å². The van der Waals surface area contributed by atoms with E-state index in [9.17, 15) is 9.90 Å². The number of hydrogen-bond donors (Lipinski definition) is 1. The number of phenols is 1. The second-order valence-electron chi connectivity index (χ2n) is 7.99. The van der Waals surface area contributed by atoms with E-state index >= 15 is 0 Å². The van der Waals surface area contributed by atoms with E-state index in [2.05, 4.69) is 10.00 Å². The summed E-state index contributed by atoms with van der Waals surface area (Å²) in [7, 11) is 0. The maximum absolute atomic E-state index is 13.2. The first kappa shape index (κ1) is 20.8. The minimum absolute atomic E-state index is 0.0778. The van der Waals surface area contributed by atoms with Crippen molar-refractivity contribution in [2.75, 3.05) is 31.1 Å². The number of rotatable bonds is 4. The Hall–Kier alpha value is -3.03. The third-order valence-corrected chi connectivity index (χ3v) is 7.23. The van der Waals surface area contributed by atoms with Gasteiger partial charge in [-0.2, -0.15) is 5.10 Å². The van der Waals surface area contributed by atoms with Gasteiger partial charge in [-0.05, 0) is 55.0 Å². The lowest BCUT2D eigenvalue weighted by Crippen LogP contribution is -2.48. The molecule has 2 aromatic heterocycles. The fourth-order valence-electron chi connectivity index (χ4n) is 4.08. The highest BCUT2D eigenvalue weighted by molar-refractivity contribution is 7.20. The third-order valence-electron chi connectivity index (χ3n) is 5.85. The number of thiophene rings is 1. The third kappa shape index (κ3) is 4.06. The zero-order valence-corrected chi connectivity index (χ0v) is 19.2. The number of carbonyl (C=O) groups is 1. The normalized spacial score (nSPS) is 14.3. The summed E-state index contributed by atoms with van der Waals surface area (Å²) in [4.78, 5) is 19.1. The molecule has 1 aliphatic heterocycles. The Morgan fingerprint density at radius 2 is 1.75 bits per heavy atom. The molecule has 0 atom stereocenters. The molecule has 0 radical (unpaired) electrons. The summed E-state index contributed by atoms with van der Waals surface area (Å²) in [5.74, 6) is 0.339. The van der Waals surface area contributed by atoms with Crippen molar-refractivity contribution in [1.82, 2.24) is 14.7 Å². The number of aromatic hydroxyl groups is 1. The molecular formula is C24H23ClN4O2S. The van der Waals surface area contributed by atoms with Gasteiger partial charge in [-0.1, -0.05) is 23.7 Å². The van der Waals surface area contributed by atoms with E-state index < -0.39 is 0 Å². The second kappa shape index (κ2) is 8.48. The number of benzene rings is 2. The molecule has 8 heteroatoms. The number of piperazine rings is 1. The van der Waals surface area contributed by atoms with Gasteiger partial charge in [0, 0.05) is 42.3 Å². The molecular weight excluding hydrogens is 444 g/mol. The number of halogens is 1. The number of nitrogens with zero attached hydrogens (tertiary/aromatic N) is 4. The first-order valence-electron chi connectivity index (χ1n) is 10.5. The van der Waals surface area contributed by atoms with Gasteiger partial charge in [0.25, 0.3) is 5.91 Å². The Kier molecular flexibility index (Phi) is 5.53. The number of phenolic OH excluding ortho intramolecular Hbond substituents is 1. The highest BCUT2D eigenvalue weighted by Crippen LogP contribution is 2.30. The summed E-state index contributed by atoms with van der Waals surface area (Å²) in [6.07, 6.45) is 0. The van der Waals surface area contributed by atoms with Crippen LogP contribution in [0.2, 0.25) is 5.02 Å². The van der Waals surface area contributed by atoms with E-state index in [1.165, 1.54) is 11.3 Å². The molecule has 1 fully saturated rings. The Balaban J connectivity index is 1.31. The number of carbonyl (C=O) groups excluding carboxylic acids is 1. The van der Waals surface area contributed by atoms with E-state index in [0.29, 0.717) is 24.7 Å². The van der Waals surface area contributed by atoms with Gasteiger partial charge in [-0.15, -0.1) is 11.3 Å². The summed E-state index contributed by atoms with van der Waals surface area (Å²) in [6, 6.07) is 16.9. The monoisotopic (exact) mass is 466 g/mol. The van der Waals surface area contributed by atoms with Crippen molar-refractivity contribution < 1.29 is 9.90 Å². The molecule has 164 valence electrons. The SMILES string of the molecule is Cc1nn(Cc2ccc(Cl)cc2)c2sc(C(=O)N3CCN(c4ccc(O)cc4)CC3)cc12. The Morgan fingerprint density at radius 3 is 2.44 bits per heavy atom. The first-order valence-corrected chi connectivity index (χ1v) is 11.7. The van der Waals surface area contributed by atoms with E-state index in [1.807, 2.05) is 59.0 Å². The fraction of sp³-hybridized carbons (Fsp3) is 0.250. The van der Waals surface area contributed by atoms with Crippen LogP contribution < -0.4 is 4.90 Å². The zero-order valence-electron chi connectivity index (χ0n) is 17.7. The van der Waals surface area contributed by atoms with Crippen LogP contribution >= 0.6 is 22.9 Å². The Labute approximate surface area is 195 Å². The summed E-state index contributed by atoms with van der Waals surface area (Å²) in [5, 5.41) is 15.9. The van der Waals surface area contributed by atoms with Crippen LogP contribution in [0.15, 0.2) is 54.6 Å². The maximum Gasteiger partial charge on any atom is 0.264 e. The highest BCUT2D eigenvalue weighted by atomic mass is 35.5. The largest absolute Gasteiger partial charge is 0.508 e. The quantitative estimate of drug-likeness (QED) is 0.470. The molecule has 32 heavy (non-hydrogen) atoms. The predicted octanol–water partition coefficient (Wildman–Crippen LogP) is 4.78. The molecule has 2 aromatic carbocycles. The highest BCUT2D eigenvalue weighted by Gasteiger charge is 2.25. The van der Waals surface area contributed by atoms with E-state index in [1.54, 1.807) is 12.1 Å². The van der Waals surface area contributed by atoms with E-state index in [4.69, 9.17) is 11.6 Å². The van der Waals surface area contributed by atoms with Gasteiger partial charge < -0.3 is 14.9 Å². The Morgan fingerprint density at radius 1 is 1.06 bits per heavy atom. The van der Waals surface area contributed by atoms with Crippen molar-refractivity contribution >= 4 is 44.7 Å². The van der Waals surface area contributed by atoms with Crippen molar-refractivity contribution in [3.8, 4) is 5.75 Å². The van der Waals surface area contributed by atoms with Crippen LogP contribution in [0.3, 0.4) is 0 Å². The number of aromatic nitrogens is 2. The van der Waals surface area contributed by atoms with Gasteiger partial charge >= 0.3 is 0 Å². The van der Waals surface area contributed by atoms with E-state index in [-0.39, 0.29) is 11.7 Å². The van der Waals surface area contributed by atoms with Crippen LogP contribution in [0.25, 0.3) is 10.2 Å². The van der Waals surface area contributed by atoms with Crippen molar-refractivity contribution in [2.24, 2.45) is 0 Å². The van der Waals surface area contributed by atoms with Crippen molar-refractivity contribution in [2.45, 2.75) is 13.5 Å². The average Bonchev–Trinajstić information content (AvgIpc) is 3.37. The zero-order chi connectivity index (χ0) is 22.2. The van der Waals surface area contributed by atoms with E-state index in [0.717, 1.165) is 45.1 Å². The van der Waals surface area contributed by atoms with Gasteiger partial charge in [0.2, 0.25) is 0 Å². The van der Waals surface area contributed by atoms with Crippen molar-refractivity contribution in [1.29, 1.82) is 0 Å². The average molecular weight is 467 g/mol. The minimum atomic E-state index is 0.0778. The maximum atomic E-state index is 13.2. The summed E-state index contributed by atoms with van der Waals surface area (Å²) in [6.45, 7) is 5.50. The minimum Gasteiger partial charge on any atom is -0.508 e. The van der Waals surface area contributed by atoms with Gasteiger partial charge in [0.15, 0.2) is 0 Å². The molecule has 6 nitrogen and oxygen atoms in total. The van der Waals surface area contributed by atoms with Gasteiger partial charge in [-0.3, -0.25) is 9.48 Å². The Bertz CT molecular complexity index is 1260. The number of aryl methyl sites for hydroxylation is 1. The van der Waals surface area contributed by atoms with Gasteiger partial charge in [-0.25, -0.2) is 0 Å². The summed E-state index contributed by atoms with van der Waals surface area (Å²) < 4.78 is 1.97. The van der Waals surface area contributed by atoms with Gasteiger partial charge in [0.05, 0.1) is 17.1 Å². The first-order chi connectivity index (χ1) is 15.5. The molecule has 1 aliphatic rings. The molecule has 1 saturated heterocycles. The lowest BCUT2D eigenvalue weighted by Gasteiger charge is -2.36. The summed E-state index contributed by atoms with van der Waals surface area (Å²) >= 11 is 7.51. The number of fused-ring (bicyclic) bond motifs is 1. The number of amides is 1. The number of hydrogen-bond acceptors (Lipinski definition) is 5. The molecule has 0 saturated carbocycles. The van der Waals surface area contributed by atoms with Crippen molar-refractivity contribution in [3.05, 3.63) is 75.8 Å². The van der Waals surface area contributed by atoms with Crippen LogP contribution in [0, 0.1) is 6.92 Å². The lowest BCUT2D eigenvalue weighted by molar-refractivity contribution is 0.0751. The molecule has 3 heterocycles. The molecule has 0 unspecified atom stereocenters. The second-order valence-corrected chi connectivity index (χ2v) is 9.46. The fourth-order valence-corrected chi connectivity index (χ4v) is 5.33. The van der Waals surface area contributed by atoms with Crippen molar-refractivity contribution in [3.63, 3.8) is 0 Å².